The molecule has 3 fully saturated rings. The number of carbonyl (C=O) groups is 3. The number of hydrogen-bond acceptors (Lipinski definition) is 5. The molecule has 5 heteroatoms. The summed E-state index contributed by atoms with van der Waals surface area (Å²) in [4.78, 5) is 40.1. The summed E-state index contributed by atoms with van der Waals surface area (Å²) in [5, 5.41) is 11.4. The first-order chi connectivity index (χ1) is 16.5. The number of aliphatic hydroxyl groups excluding tert-OH is 1. The first-order valence-corrected chi connectivity index (χ1v) is 13.6. The summed E-state index contributed by atoms with van der Waals surface area (Å²) in [6.07, 6.45) is 10.1. The molecule has 5 rings (SSSR count). The lowest BCUT2D eigenvalue weighted by Crippen LogP contribution is -2.55. The molecular formula is C30H40O5. The van der Waals surface area contributed by atoms with Crippen molar-refractivity contribution >= 4 is 17.5 Å². The molecule has 5 unspecified atom stereocenters. The van der Waals surface area contributed by atoms with Crippen LogP contribution < -0.4 is 0 Å². The van der Waals surface area contributed by atoms with Gasteiger partial charge >= 0.3 is 5.97 Å². The Morgan fingerprint density at radius 1 is 1.14 bits per heavy atom. The Hall–Kier alpha value is -2.17. The lowest BCUT2D eigenvalue weighted by atomic mass is 9.53. The summed E-state index contributed by atoms with van der Waals surface area (Å²) >= 11 is 0. The van der Waals surface area contributed by atoms with Crippen molar-refractivity contribution in [1.82, 2.24) is 0 Å². The van der Waals surface area contributed by atoms with Crippen LogP contribution >= 0.6 is 0 Å². The van der Waals surface area contributed by atoms with Gasteiger partial charge in [-0.05, 0) is 75.0 Å². The number of Topliss-reactive ketones (excluding diaryl/α,β-unsaturated/α-hetero) is 2. The molecule has 0 aromatic heterocycles. The maximum atomic E-state index is 13.7. The first kappa shape index (κ1) is 24.5. The van der Waals surface area contributed by atoms with Gasteiger partial charge in [-0.2, -0.15) is 0 Å². The number of aliphatic hydroxyl groups is 1. The van der Waals surface area contributed by atoms with Crippen molar-refractivity contribution in [2.75, 3.05) is 0 Å². The fourth-order valence-electron chi connectivity index (χ4n) is 8.66. The lowest BCUT2D eigenvalue weighted by molar-refractivity contribution is -0.185. The molecule has 190 valence electrons. The second kappa shape index (κ2) is 8.18. The molecule has 0 aromatic carbocycles. The Bertz CT molecular complexity index is 1090. The van der Waals surface area contributed by atoms with E-state index in [1.54, 1.807) is 0 Å². The van der Waals surface area contributed by atoms with Gasteiger partial charge < -0.3 is 9.84 Å². The standard InChI is InChI=1S/C30H40O5/c1-6-7-8-12-19-23(25(32)22(26(33)24(19)31)18-11-9-10-17(2)15-18)27(34)35-21-16-30-20(28(30,3)4)13-14-29(21,30)5/h15,18,20-21,32H,6-14,16H2,1-5H3. The van der Waals surface area contributed by atoms with Crippen molar-refractivity contribution in [3.63, 3.8) is 0 Å². The first-order valence-electron chi connectivity index (χ1n) is 13.6. The summed E-state index contributed by atoms with van der Waals surface area (Å²) in [5.41, 5.74) is 1.78. The van der Waals surface area contributed by atoms with Crippen LogP contribution in [0.4, 0.5) is 0 Å². The summed E-state index contributed by atoms with van der Waals surface area (Å²) < 4.78 is 6.11. The molecule has 35 heavy (non-hydrogen) atoms. The number of carbonyl (C=O) groups excluding carboxylic acids is 3. The van der Waals surface area contributed by atoms with Crippen molar-refractivity contribution in [2.24, 2.45) is 28.1 Å². The van der Waals surface area contributed by atoms with Crippen molar-refractivity contribution in [3.05, 3.63) is 34.1 Å². The Morgan fingerprint density at radius 3 is 2.54 bits per heavy atom. The molecule has 0 radical (unpaired) electrons. The number of hydrogen-bond donors (Lipinski definition) is 1. The minimum atomic E-state index is -0.658. The summed E-state index contributed by atoms with van der Waals surface area (Å²) in [7, 11) is 0. The van der Waals surface area contributed by atoms with Gasteiger partial charge in [-0.15, -0.1) is 0 Å². The molecule has 3 saturated carbocycles. The van der Waals surface area contributed by atoms with E-state index >= 15 is 0 Å². The summed E-state index contributed by atoms with van der Waals surface area (Å²) in [6, 6.07) is 0. The van der Waals surface area contributed by atoms with E-state index in [2.05, 4.69) is 27.7 Å². The molecule has 0 saturated heterocycles. The highest BCUT2D eigenvalue weighted by Gasteiger charge is 2.87. The number of rotatable bonds is 7. The number of ether oxygens (including phenoxy) is 1. The monoisotopic (exact) mass is 480 g/mol. The third-order valence-electron chi connectivity index (χ3n) is 10.7. The Balaban J connectivity index is 1.48. The van der Waals surface area contributed by atoms with E-state index in [1.165, 1.54) is 0 Å². The molecule has 5 aliphatic rings. The summed E-state index contributed by atoms with van der Waals surface area (Å²) in [6.45, 7) is 11.0. The highest BCUT2D eigenvalue weighted by molar-refractivity contribution is 6.51. The second-order valence-corrected chi connectivity index (χ2v) is 12.5. The summed E-state index contributed by atoms with van der Waals surface area (Å²) in [5.74, 6) is -1.90. The van der Waals surface area contributed by atoms with Crippen LogP contribution in [0.1, 0.15) is 98.8 Å². The van der Waals surface area contributed by atoms with Gasteiger partial charge in [-0.1, -0.05) is 52.2 Å². The molecule has 1 N–H and O–H groups in total. The zero-order valence-electron chi connectivity index (χ0n) is 22.0. The second-order valence-electron chi connectivity index (χ2n) is 12.5. The predicted octanol–water partition coefficient (Wildman–Crippen LogP) is 6.33. The SMILES string of the molecule is CCCCCC1=C(C(=O)OC2CC34C(CCC23C)C4(C)C)C(O)=C(C2C=C(C)CCC2)C(=O)C1=O. The van der Waals surface area contributed by atoms with Crippen molar-refractivity contribution in [2.45, 2.75) is 105 Å². The van der Waals surface area contributed by atoms with E-state index in [-0.39, 0.29) is 50.7 Å². The molecular weight excluding hydrogens is 440 g/mol. The normalized spacial score (nSPS) is 37.5. The van der Waals surface area contributed by atoms with E-state index in [0.29, 0.717) is 25.2 Å². The minimum Gasteiger partial charge on any atom is -0.507 e. The third-order valence-corrected chi connectivity index (χ3v) is 10.7. The van der Waals surface area contributed by atoms with Gasteiger partial charge in [-0.25, -0.2) is 4.79 Å². The average molecular weight is 481 g/mol. The Labute approximate surface area is 209 Å². The van der Waals surface area contributed by atoms with Crippen LogP contribution in [0.3, 0.4) is 0 Å². The van der Waals surface area contributed by atoms with Gasteiger partial charge in [0.2, 0.25) is 11.6 Å². The maximum Gasteiger partial charge on any atom is 0.342 e. The number of allylic oxidation sites excluding steroid dienone is 4. The topological polar surface area (TPSA) is 80.7 Å². The van der Waals surface area contributed by atoms with E-state index in [1.807, 2.05) is 13.0 Å². The van der Waals surface area contributed by atoms with Gasteiger partial charge in [0.1, 0.15) is 17.4 Å². The van der Waals surface area contributed by atoms with Crippen LogP contribution in [-0.2, 0) is 19.1 Å². The molecule has 1 spiro atoms. The largest absolute Gasteiger partial charge is 0.507 e. The minimum absolute atomic E-state index is 0.0496. The zero-order chi connectivity index (χ0) is 25.3. The number of unbranched alkanes of at least 4 members (excludes halogenated alkanes) is 2. The van der Waals surface area contributed by atoms with E-state index < -0.39 is 17.5 Å². The zero-order valence-corrected chi connectivity index (χ0v) is 22.0. The number of esters is 1. The van der Waals surface area contributed by atoms with E-state index in [0.717, 1.165) is 50.5 Å². The van der Waals surface area contributed by atoms with Crippen molar-refractivity contribution < 1.29 is 24.2 Å². The smallest absolute Gasteiger partial charge is 0.342 e. The van der Waals surface area contributed by atoms with E-state index in [4.69, 9.17) is 4.74 Å². The fraction of sp³-hybridized carbons (Fsp3) is 0.700. The van der Waals surface area contributed by atoms with Gasteiger partial charge in [0.15, 0.2) is 0 Å². The third kappa shape index (κ3) is 3.22. The van der Waals surface area contributed by atoms with Gasteiger partial charge in [0.25, 0.3) is 0 Å². The van der Waals surface area contributed by atoms with Crippen LogP contribution in [0, 0.1) is 28.1 Å². The molecule has 5 nitrogen and oxygen atoms in total. The predicted molar refractivity (Wildman–Crippen MR) is 133 cm³/mol. The van der Waals surface area contributed by atoms with Gasteiger partial charge in [0, 0.05) is 16.9 Å². The van der Waals surface area contributed by atoms with Crippen molar-refractivity contribution in [3.8, 4) is 0 Å². The molecule has 5 aliphatic carbocycles. The van der Waals surface area contributed by atoms with E-state index in [9.17, 15) is 19.5 Å². The molecule has 0 heterocycles. The van der Waals surface area contributed by atoms with Crippen LogP contribution in [-0.4, -0.2) is 28.7 Å². The fourth-order valence-corrected chi connectivity index (χ4v) is 8.66. The molecule has 0 bridgehead atoms. The Morgan fingerprint density at radius 2 is 1.89 bits per heavy atom. The number of ketones is 2. The quantitative estimate of drug-likeness (QED) is 0.151. The van der Waals surface area contributed by atoms with Crippen LogP contribution in [0.2, 0.25) is 0 Å². The molecule has 0 aliphatic heterocycles. The van der Waals surface area contributed by atoms with Crippen molar-refractivity contribution in [1.29, 1.82) is 0 Å². The van der Waals surface area contributed by atoms with Gasteiger partial charge in [-0.3, -0.25) is 9.59 Å². The highest BCUT2D eigenvalue weighted by atomic mass is 16.5. The molecule has 0 amide bonds. The molecule has 5 atom stereocenters. The average Bonchev–Trinajstić information content (AvgIpc) is 3.19. The van der Waals surface area contributed by atoms with Crippen LogP contribution in [0.5, 0.6) is 0 Å². The van der Waals surface area contributed by atoms with Crippen LogP contribution in [0.15, 0.2) is 34.1 Å². The molecule has 0 aromatic rings. The lowest BCUT2D eigenvalue weighted by Gasteiger charge is -2.54. The van der Waals surface area contributed by atoms with Crippen LogP contribution in [0.25, 0.3) is 0 Å². The maximum absolute atomic E-state index is 13.7. The Kier molecular flexibility index (Phi) is 5.73. The highest BCUT2D eigenvalue weighted by Crippen LogP contribution is 2.90. The van der Waals surface area contributed by atoms with Gasteiger partial charge in [0.05, 0.1) is 5.57 Å².